The normalized spacial score (nSPS) is 16.4. The Balaban J connectivity index is 2.00. The van der Waals surface area contributed by atoms with E-state index in [0.717, 1.165) is 24.2 Å². The first kappa shape index (κ1) is 11.2. The summed E-state index contributed by atoms with van der Waals surface area (Å²) in [7, 11) is 0. The van der Waals surface area contributed by atoms with E-state index in [1.165, 1.54) is 35.7 Å². The lowest BCUT2D eigenvalue weighted by molar-refractivity contribution is 0.633. The van der Waals surface area contributed by atoms with Crippen molar-refractivity contribution in [3.05, 3.63) is 16.4 Å². The van der Waals surface area contributed by atoms with Crippen LogP contribution in [0.2, 0.25) is 0 Å². The van der Waals surface area contributed by atoms with Crippen molar-refractivity contribution in [2.24, 2.45) is 5.92 Å². The molecule has 2 aromatic heterocycles. The highest BCUT2D eigenvalue weighted by atomic mass is 32.1. The maximum Gasteiger partial charge on any atom is 0.212 e. The molecule has 0 bridgehead atoms. The van der Waals surface area contributed by atoms with Crippen molar-refractivity contribution in [3.8, 4) is 0 Å². The minimum atomic E-state index is 0.671. The van der Waals surface area contributed by atoms with Gasteiger partial charge in [-0.1, -0.05) is 31.6 Å². The van der Waals surface area contributed by atoms with Gasteiger partial charge in [-0.25, -0.2) is 9.50 Å². The van der Waals surface area contributed by atoms with Gasteiger partial charge in [0.1, 0.15) is 5.01 Å². The Morgan fingerprint density at radius 2 is 2.06 bits per heavy atom. The number of aromatic nitrogens is 3. The molecule has 0 aromatic carbocycles. The number of imidazole rings is 1. The van der Waals surface area contributed by atoms with E-state index < -0.39 is 0 Å². The van der Waals surface area contributed by atoms with Gasteiger partial charge in [0.2, 0.25) is 4.96 Å². The molecule has 0 amide bonds. The summed E-state index contributed by atoms with van der Waals surface area (Å²) < 4.78 is 2.11. The lowest BCUT2D eigenvalue weighted by atomic mass is 10.1. The van der Waals surface area contributed by atoms with Crippen molar-refractivity contribution in [1.82, 2.24) is 14.6 Å². The van der Waals surface area contributed by atoms with Crippen LogP contribution >= 0.6 is 11.3 Å². The molecule has 0 unspecified atom stereocenters. The second kappa shape index (κ2) is 4.41. The second-order valence-electron chi connectivity index (χ2n) is 5.35. The van der Waals surface area contributed by atoms with E-state index in [1.54, 1.807) is 11.3 Å². The first-order valence-corrected chi connectivity index (χ1v) is 7.42. The Labute approximate surface area is 106 Å². The van der Waals surface area contributed by atoms with Gasteiger partial charge in [-0.05, 0) is 31.6 Å². The van der Waals surface area contributed by atoms with Gasteiger partial charge >= 0.3 is 0 Å². The highest BCUT2D eigenvalue weighted by Crippen LogP contribution is 2.25. The lowest BCUT2D eigenvalue weighted by Gasteiger charge is -1.99. The number of nitrogens with zero attached hydrogens (tertiary/aromatic N) is 3. The van der Waals surface area contributed by atoms with Gasteiger partial charge in [-0.2, -0.15) is 5.10 Å². The van der Waals surface area contributed by atoms with Crippen molar-refractivity contribution >= 4 is 16.3 Å². The summed E-state index contributed by atoms with van der Waals surface area (Å²) in [6, 6.07) is 0. The Bertz CT molecular complexity index is 524. The zero-order valence-electron chi connectivity index (χ0n) is 10.6. The molecule has 0 saturated carbocycles. The maximum absolute atomic E-state index is 4.76. The third-order valence-electron chi connectivity index (χ3n) is 3.33. The minimum Gasteiger partial charge on any atom is -0.222 e. The standard InChI is InChI=1S/C13H19N3S/c1-9(2)8-12-15-16-11-7-5-3-4-6-10(11)14-13(16)17-12/h9H,3-8H2,1-2H3. The van der Waals surface area contributed by atoms with Gasteiger partial charge < -0.3 is 0 Å². The fourth-order valence-corrected chi connectivity index (χ4v) is 3.66. The largest absolute Gasteiger partial charge is 0.222 e. The van der Waals surface area contributed by atoms with Crippen molar-refractivity contribution in [1.29, 1.82) is 0 Å². The van der Waals surface area contributed by atoms with Crippen molar-refractivity contribution in [3.63, 3.8) is 0 Å². The van der Waals surface area contributed by atoms with Crippen LogP contribution in [0.15, 0.2) is 0 Å². The van der Waals surface area contributed by atoms with Crippen LogP contribution < -0.4 is 0 Å². The quantitative estimate of drug-likeness (QED) is 0.765. The van der Waals surface area contributed by atoms with Crippen LogP contribution in [-0.2, 0) is 19.3 Å². The van der Waals surface area contributed by atoms with Gasteiger partial charge in [0, 0.05) is 6.42 Å². The van der Waals surface area contributed by atoms with E-state index in [4.69, 9.17) is 10.1 Å². The molecule has 0 radical (unpaired) electrons. The highest BCUT2D eigenvalue weighted by Gasteiger charge is 2.18. The molecule has 0 N–H and O–H groups in total. The molecule has 0 fully saturated rings. The molecule has 2 aromatic rings. The summed E-state index contributed by atoms with van der Waals surface area (Å²) in [5.74, 6) is 0.671. The molecular weight excluding hydrogens is 230 g/mol. The number of hydrogen-bond donors (Lipinski definition) is 0. The van der Waals surface area contributed by atoms with Crippen LogP contribution in [0.25, 0.3) is 4.96 Å². The third kappa shape index (κ3) is 2.10. The van der Waals surface area contributed by atoms with Gasteiger partial charge in [0.15, 0.2) is 0 Å². The first-order valence-electron chi connectivity index (χ1n) is 6.60. The predicted octanol–water partition coefficient (Wildman–Crippen LogP) is 3.26. The number of aryl methyl sites for hydroxylation is 2. The molecule has 2 heterocycles. The van der Waals surface area contributed by atoms with Gasteiger partial charge in [0.25, 0.3) is 0 Å². The number of fused-ring (bicyclic) bond motifs is 3. The molecule has 17 heavy (non-hydrogen) atoms. The summed E-state index contributed by atoms with van der Waals surface area (Å²) in [6.07, 6.45) is 7.28. The number of rotatable bonds is 2. The summed E-state index contributed by atoms with van der Waals surface area (Å²) >= 11 is 1.77. The summed E-state index contributed by atoms with van der Waals surface area (Å²) in [5, 5.41) is 5.97. The SMILES string of the molecule is CC(C)Cc1nn2c3c(nc2s1)CCCCC3. The van der Waals surface area contributed by atoms with E-state index in [1.807, 2.05) is 0 Å². The average Bonchev–Trinajstić information content (AvgIpc) is 2.67. The Morgan fingerprint density at radius 1 is 1.24 bits per heavy atom. The topological polar surface area (TPSA) is 30.2 Å². The van der Waals surface area contributed by atoms with Gasteiger partial charge in [0.05, 0.1) is 11.4 Å². The molecule has 1 aliphatic carbocycles. The average molecular weight is 249 g/mol. The fraction of sp³-hybridized carbons (Fsp3) is 0.692. The second-order valence-corrected chi connectivity index (χ2v) is 6.39. The van der Waals surface area contributed by atoms with Gasteiger partial charge in [-0.3, -0.25) is 0 Å². The van der Waals surface area contributed by atoms with Crippen LogP contribution in [0, 0.1) is 5.92 Å². The van der Waals surface area contributed by atoms with Crippen LogP contribution in [-0.4, -0.2) is 14.6 Å². The maximum atomic E-state index is 4.76. The first-order chi connectivity index (χ1) is 8.24. The number of hydrogen-bond acceptors (Lipinski definition) is 3. The third-order valence-corrected chi connectivity index (χ3v) is 4.26. The molecule has 92 valence electrons. The van der Waals surface area contributed by atoms with Crippen molar-refractivity contribution in [2.45, 2.75) is 52.4 Å². The summed E-state index contributed by atoms with van der Waals surface area (Å²) in [4.78, 5) is 5.86. The lowest BCUT2D eigenvalue weighted by Crippen LogP contribution is -1.99. The molecule has 4 heteroatoms. The van der Waals surface area contributed by atoms with Crippen LogP contribution in [0.3, 0.4) is 0 Å². The molecule has 0 aliphatic heterocycles. The fourth-order valence-electron chi connectivity index (χ4n) is 2.52. The Kier molecular flexibility index (Phi) is 2.90. The highest BCUT2D eigenvalue weighted by molar-refractivity contribution is 7.16. The summed E-state index contributed by atoms with van der Waals surface area (Å²) in [5.41, 5.74) is 2.68. The predicted molar refractivity (Wildman–Crippen MR) is 70.7 cm³/mol. The van der Waals surface area contributed by atoms with Crippen molar-refractivity contribution in [2.75, 3.05) is 0 Å². The van der Waals surface area contributed by atoms with Crippen LogP contribution in [0.1, 0.15) is 49.5 Å². The minimum absolute atomic E-state index is 0.671. The smallest absolute Gasteiger partial charge is 0.212 e. The molecule has 0 saturated heterocycles. The Morgan fingerprint density at radius 3 is 2.88 bits per heavy atom. The van der Waals surface area contributed by atoms with E-state index in [9.17, 15) is 0 Å². The van der Waals surface area contributed by atoms with Crippen molar-refractivity contribution < 1.29 is 0 Å². The molecule has 3 nitrogen and oxygen atoms in total. The van der Waals surface area contributed by atoms with Crippen LogP contribution in [0.4, 0.5) is 0 Å². The van der Waals surface area contributed by atoms with E-state index in [0.29, 0.717) is 5.92 Å². The zero-order chi connectivity index (χ0) is 11.8. The molecule has 0 spiro atoms. The van der Waals surface area contributed by atoms with E-state index >= 15 is 0 Å². The van der Waals surface area contributed by atoms with E-state index in [2.05, 4.69) is 18.4 Å². The van der Waals surface area contributed by atoms with E-state index in [-0.39, 0.29) is 0 Å². The zero-order valence-corrected chi connectivity index (χ0v) is 11.4. The molecule has 0 atom stereocenters. The van der Waals surface area contributed by atoms with Crippen LogP contribution in [0.5, 0.6) is 0 Å². The summed E-state index contributed by atoms with van der Waals surface area (Å²) in [6.45, 7) is 4.48. The van der Waals surface area contributed by atoms with Gasteiger partial charge in [-0.15, -0.1) is 0 Å². The molecule has 1 aliphatic rings. The molecule has 3 rings (SSSR count). The Hall–Kier alpha value is -0.900. The monoisotopic (exact) mass is 249 g/mol. The molecular formula is C13H19N3S.